The van der Waals surface area contributed by atoms with Crippen LogP contribution in [0.2, 0.25) is 0 Å². The number of carboxylic acid groups (broad SMARTS) is 1. The van der Waals surface area contributed by atoms with E-state index >= 15 is 0 Å². The van der Waals surface area contributed by atoms with Gasteiger partial charge in [0.2, 0.25) is 5.91 Å². The minimum atomic E-state index is -0.880. The fourth-order valence-electron chi connectivity index (χ4n) is 2.25. The molecule has 1 aliphatic rings. The summed E-state index contributed by atoms with van der Waals surface area (Å²) >= 11 is 0. The summed E-state index contributed by atoms with van der Waals surface area (Å²) in [6, 6.07) is 0. The number of carboxylic acids is 1. The number of aliphatic carboxylic acids is 1. The van der Waals surface area contributed by atoms with Gasteiger partial charge in [-0.05, 0) is 26.7 Å². The van der Waals surface area contributed by atoms with Gasteiger partial charge in [-0.15, -0.1) is 6.42 Å². The highest BCUT2D eigenvalue weighted by atomic mass is 16.4. The van der Waals surface area contributed by atoms with Crippen molar-refractivity contribution >= 4 is 11.9 Å². The summed E-state index contributed by atoms with van der Waals surface area (Å²) in [7, 11) is 0. The lowest BCUT2D eigenvalue weighted by molar-refractivity contribution is -0.151. The van der Waals surface area contributed by atoms with Gasteiger partial charge < -0.3 is 10.4 Å². The summed E-state index contributed by atoms with van der Waals surface area (Å²) in [6.07, 6.45) is 8.19. The Morgan fingerprint density at radius 3 is 2.35 bits per heavy atom. The molecular weight excluding hydrogens is 218 g/mol. The van der Waals surface area contributed by atoms with Crippen LogP contribution < -0.4 is 5.32 Å². The molecule has 0 unspecified atom stereocenters. The number of hydrogen-bond donors (Lipinski definition) is 2. The first kappa shape index (κ1) is 13.6. The first-order valence-corrected chi connectivity index (χ1v) is 5.83. The van der Waals surface area contributed by atoms with Crippen molar-refractivity contribution in [1.82, 2.24) is 5.32 Å². The Morgan fingerprint density at radius 2 is 1.94 bits per heavy atom. The van der Waals surface area contributed by atoms with E-state index in [0.717, 1.165) is 12.8 Å². The van der Waals surface area contributed by atoms with Gasteiger partial charge in [0.1, 0.15) is 0 Å². The lowest BCUT2D eigenvalue weighted by atomic mass is 9.82. The van der Waals surface area contributed by atoms with Crippen molar-refractivity contribution in [3.63, 3.8) is 0 Å². The van der Waals surface area contributed by atoms with E-state index in [1.807, 2.05) is 0 Å². The van der Waals surface area contributed by atoms with Crippen LogP contribution in [0.1, 0.15) is 46.0 Å². The zero-order chi connectivity index (χ0) is 13.1. The standard InChI is InChI=1S/C13H19NO3/c1-4-12(2,3)14-10(15)9-13(11(16)17)7-5-6-8-13/h1H,5-9H2,2-3H3,(H,14,15)(H,16,17). The Bertz CT molecular complexity index is 359. The molecule has 0 heterocycles. The van der Waals surface area contributed by atoms with Crippen molar-refractivity contribution < 1.29 is 14.7 Å². The molecule has 0 aromatic carbocycles. The zero-order valence-corrected chi connectivity index (χ0v) is 10.4. The van der Waals surface area contributed by atoms with Crippen molar-refractivity contribution in [1.29, 1.82) is 0 Å². The highest BCUT2D eigenvalue weighted by molar-refractivity contribution is 5.85. The van der Waals surface area contributed by atoms with Gasteiger partial charge in [0, 0.05) is 6.42 Å². The van der Waals surface area contributed by atoms with Crippen molar-refractivity contribution in [2.75, 3.05) is 0 Å². The van der Waals surface area contributed by atoms with Gasteiger partial charge in [0.15, 0.2) is 0 Å². The van der Waals surface area contributed by atoms with E-state index in [1.54, 1.807) is 13.8 Å². The zero-order valence-electron chi connectivity index (χ0n) is 10.4. The summed E-state index contributed by atoms with van der Waals surface area (Å²) in [6.45, 7) is 3.43. The van der Waals surface area contributed by atoms with Gasteiger partial charge in [-0.2, -0.15) is 0 Å². The van der Waals surface area contributed by atoms with Crippen LogP contribution >= 0.6 is 0 Å². The van der Waals surface area contributed by atoms with Crippen molar-refractivity contribution in [2.45, 2.75) is 51.5 Å². The van der Waals surface area contributed by atoms with Gasteiger partial charge in [0.05, 0.1) is 11.0 Å². The van der Waals surface area contributed by atoms with Crippen LogP contribution in [0.3, 0.4) is 0 Å². The van der Waals surface area contributed by atoms with Crippen LogP contribution in [0.4, 0.5) is 0 Å². The number of carbonyl (C=O) groups excluding carboxylic acids is 1. The maximum absolute atomic E-state index is 11.8. The highest BCUT2D eigenvalue weighted by Crippen LogP contribution is 2.41. The molecule has 0 aromatic rings. The third-order valence-corrected chi connectivity index (χ3v) is 3.33. The largest absolute Gasteiger partial charge is 0.481 e. The van der Waals surface area contributed by atoms with E-state index in [-0.39, 0.29) is 12.3 Å². The van der Waals surface area contributed by atoms with Crippen molar-refractivity contribution in [3.05, 3.63) is 0 Å². The summed E-state index contributed by atoms with van der Waals surface area (Å²) in [4.78, 5) is 23.1. The Labute approximate surface area is 102 Å². The van der Waals surface area contributed by atoms with Crippen LogP contribution in [-0.4, -0.2) is 22.5 Å². The molecule has 0 bridgehead atoms. The van der Waals surface area contributed by atoms with Crippen molar-refractivity contribution in [2.24, 2.45) is 5.41 Å². The van der Waals surface area contributed by atoms with E-state index in [1.165, 1.54) is 0 Å². The molecule has 1 saturated carbocycles. The summed E-state index contributed by atoms with van der Waals surface area (Å²) in [5, 5.41) is 11.9. The minimum Gasteiger partial charge on any atom is -0.481 e. The minimum absolute atomic E-state index is 0.0213. The monoisotopic (exact) mass is 237 g/mol. The van der Waals surface area contributed by atoms with Gasteiger partial charge in [-0.3, -0.25) is 9.59 Å². The van der Waals surface area contributed by atoms with E-state index in [0.29, 0.717) is 12.8 Å². The second kappa shape index (κ2) is 4.79. The van der Waals surface area contributed by atoms with Gasteiger partial charge in [0.25, 0.3) is 0 Å². The van der Waals surface area contributed by atoms with Crippen LogP contribution in [-0.2, 0) is 9.59 Å². The molecule has 0 atom stereocenters. The molecule has 4 nitrogen and oxygen atoms in total. The molecule has 0 aliphatic heterocycles. The number of terminal acetylenes is 1. The number of rotatable bonds is 4. The first-order chi connectivity index (χ1) is 7.81. The van der Waals surface area contributed by atoms with E-state index in [9.17, 15) is 14.7 Å². The summed E-state index contributed by atoms with van der Waals surface area (Å²) < 4.78 is 0. The van der Waals surface area contributed by atoms with E-state index < -0.39 is 16.9 Å². The average Bonchev–Trinajstić information content (AvgIpc) is 2.66. The molecule has 0 spiro atoms. The first-order valence-electron chi connectivity index (χ1n) is 5.83. The molecule has 1 amide bonds. The lowest BCUT2D eigenvalue weighted by Crippen LogP contribution is -2.45. The third-order valence-electron chi connectivity index (χ3n) is 3.33. The fraction of sp³-hybridized carbons (Fsp3) is 0.692. The molecule has 1 fully saturated rings. The normalized spacial score (nSPS) is 18.4. The maximum atomic E-state index is 11.8. The van der Waals surface area contributed by atoms with E-state index in [2.05, 4.69) is 11.2 Å². The molecule has 0 aromatic heterocycles. The Kier molecular flexibility index (Phi) is 3.82. The summed E-state index contributed by atoms with van der Waals surface area (Å²) in [5.74, 6) is 1.31. The van der Waals surface area contributed by atoms with Crippen LogP contribution in [0.5, 0.6) is 0 Å². The van der Waals surface area contributed by atoms with Crippen LogP contribution in [0.25, 0.3) is 0 Å². The Balaban J connectivity index is 2.67. The van der Waals surface area contributed by atoms with Gasteiger partial charge in [-0.25, -0.2) is 0 Å². The molecule has 4 heteroatoms. The highest BCUT2D eigenvalue weighted by Gasteiger charge is 2.43. The molecule has 2 N–H and O–H groups in total. The van der Waals surface area contributed by atoms with Gasteiger partial charge in [-0.1, -0.05) is 18.8 Å². The lowest BCUT2D eigenvalue weighted by Gasteiger charge is -2.26. The molecule has 0 radical (unpaired) electrons. The van der Waals surface area contributed by atoms with Crippen molar-refractivity contribution in [3.8, 4) is 12.3 Å². The fourth-order valence-corrected chi connectivity index (χ4v) is 2.25. The van der Waals surface area contributed by atoms with Crippen LogP contribution in [0.15, 0.2) is 0 Å². The number of hydrogen-bond acceptors (Lipinski definition) is 2. The molecule has 1 rings (SSSR count). The third kappa shape index (κ3) is 3.23. The smallest absolute Gasteiger partial charge is 0.310 e. The second-order valence-corrected chi connectivity index (χ2v) is 5.29. The summed E-state index contributed by atoms with van der Waals surface area (Å²) in [5.41, 5.74) is -1.61. The predicted molar refractivity (Wildman–Crippen MR) is 64.2 cm³/mol. The molecular formula is C13H19NO3. The number of carbonyl (C=O) groups is 2. The van der Waals surface area contributed by atoms with E-state index in [4.69, 9.17) is 6.42 Å². The Hall–Kier alpha value is -1.50. The average molecular weight is 237 g/mol. The topological polar surface area (TPSA) is 66.4 Å². The molecule has 1 aliphatic carbocycles. The predicted octanol–water partition coefficient (Wildman–Crippen LogP) is 1.55. The molecule has 0 saturated heterocycles. The second-order valence-electron chi connectivity index (χ2n) is 5.29. The number of nitrogens with one attached hydrogen (secondary N) is 1. The quantitative estimate of drug-likeness (QED) is 0.729. The molecule has 94 valence electrons. The Morgan fingerprint density at radius 1 is 1.41 bits per heavy atom. The maximum Gasteiger partial charge on any atom is 0.310 e. The van der Waals surface area contributed by atoms with Crippen LogP contribution in [0, 0.1) is 17.8 Å². The number of amides is 1. The van der Waals surface area contributed by atoms with Gasteiger partial charge >= 0.3 is 5.97 Å². The SMILES string of the molecule is C#CC(C)(C)NC(=O)CC1(C(=O)O)CCCC1. The molecule has 17 heavy (non-hydrogen) atoms.